The lowest BCUT2D eigenvalue weighted by Gasteiger charge is -2.09. The number of hydrogen-bond acceptors (Lipinski definition) is 2. The third-order valence-corrected chi connectivity index (χ3v) is 2.61. The molecule has 0 spiro atoms. The Bertz CT molecular complexity index is 635. The van der Waals surface area contributed by atoms with Crippen LogP contribution in [-0.2, 0) is 0 Å². The van der Waals surface area contributed by atoms with Crippen molar-refractivity contribution < 1.29 is 8.78 Å². The summed E-state index contributed by atoms with van der Waals surface area (Å²) in [6, 6.07) is 9.93. The van der Waals surface area contributed by atoms with E-state index in [2.05, 4.69) is 5.32 Å². The summed E-state index contributed by atoms with van der Waals surface area (Å²) in [6.07, 6.45) is 0. The zero-order valence-electron chi connectivity index (χ0n) is 9.05. The summed E-state index contributed by atoms with van der Waals surface area (Å²) >= 11 is 5.64. The first-order valence-corrected chi connectivity index (χ1v) is 5.40. The molecule has 0 fully saturated rings. The van der Waals surface area contributed by atoms with E-state index in [1.807, 2.05) is 6.07 Å². The van der Waals surface area contributed by atoms with Gasteiger partial charge in [-0.25, -0.2) is 8.78 Å². The third kappa shape index (κ3) is 2.41. The Morgan fingerprint density at radius 3 is 2.61 bits per heavy atom. The number of benzene rings is 2. The topological polar surface area (TPSA) is 35.8 Å². The summed E-state index contributed by atoms with van der Waals surface area (Å²) < 4.78 is 26.6. The molecule has 2 aromatic carbocycles. The molecular formula is C13H7ClF2N2. The number of hydrogen-bond donors (Lipinski definition) is 1. The quantitative estimate of drug-likeness (QED) is 0.881. The van der Waals surface area contributed by atoms with Gasteiger partial charge < -0.3 is 5.32 Å². The fourth-order valence-electron chi connectivity index (χ4n) is 1.46. The molecule has 1 N–H and O–H groups in total. The Morgan fingerprint density at radius 2 is 1.89 bits per heavy atom. The van der Waals surface area contributed by atoms with E-state index in [1.165, 1.54) is 24.3 Å². The van der Waals surface area contributed by atoms with Crippen LogP contribution in [0.2, 0.25) is 5.02 Å². The summed E-state index contributed by atoms with van der Waals surface area (Å²) in [4.78, 5) is 0. The summed E-state index contributed by atoms with van der Waals surface area (Å²) in [5.74, 6) is -1.14. The lowest BCUT2D eigenvalue weighted by molar-refractivity contribution is 0.627. The number of nitriles is 1. The number of anilines is 2. The summed E-state index contributed by atoms with van der Waals surface area (Å²) in [6.45, 7) is 0. The molecule has 0 aliphatic rings. The smallest absolute Gasteiger partial charge is 0.165 e. The van der Waals surface area contributed by atoms with Gasteiger partial charge in [0.1, 0.15) is 11.9 Å². The van der Waals surface area contributed by atoms with Gasteiger partial charge in [0.05, 0.1) is 22.0 Å². The maximum atomic E-state index is 13.7. The van der Waals surface area contributed by atoms with Crippen LogP contribution < -0.4 is 5.32 Å². The van der Waals surface area contributed by atoms with E-state index < -0.39 is 11.6 Å². The van der Waals surface area contributed by atoms with Crippen molar-refractivity contribution in [2.75, 3.05) is 5.32 Å². The van der Waals surface area contributed by atoms with Crippen LogP contribution >= 0.6 is 11.6 Å². The molecule has 0 bridgehead atoms. The summed E-state index contributed by atoms with van der Waals surface area (Å²) in [5, 5.41) is 11.6. The van der Waals surface area contributed by atoms with Gasteiger partial charge in [-0.1, -0.05) is 17.7 Å². The molecule has 0 saturated heterocycles. The SMILES string of the molecule is N#Cc1cc(F)ccc1Nc1cccc(Cl)c1F. The Hall–Kier alpha value is -2.12. The van der Waals surface area contributed by atoms with Crippen LogP contribution in [0, 0.1) is 23.0 Å². The predicted molar refractivity (Wildman–Crippen MR) is 65.8 cm³/mol. The molecule has 0 saturated carbocycles. The molecule has 0 amide bonds. The zero-order valence-corrected chi connectivity index (χ0v) is 9.80. The molecule has 0 aromatic heterocycles. The van der Waals surface area contributed by atoms with Crippen molar-refractivity contribution in [3.8, 4) is 6.07 Å². The van der Waals surface area contributed by atoms with Gasteiger partial charge in [0, 0.05) is 0 Å². The standard InChI is InChI=1S/C13H7ClF2N2/c14-10-2-1-3-12(13(10)16)18-11-5-4-9(15)6-8(11)7-17/h1-6,18H. The zero-order chi connectivity index (χ0) is 13.1. The van der Waals surface area contributed by atoms with Crippen molar-refractivity contribution in [3.05, 3.63) is 58.6 Å². The lowest BCUT2D eigenvalue weighted by atomic mass is 10.2. The second-order valence-corrected chi connectivity index (χ2v) is 3.94. The number of halogens is 3. The van der Waals surface area contributed by atoms with Crippen LogP contribution in [0.15, 0.2) is 36.4 Å². The number of rotatable bonds is 2. The van der Waals surface area contributed by atoms with Crippen molar-refractivity contribution in [1.29, 1.82) is 5.26 Å². The largest absolute Gasteiger partial charge is 0.352 e. The summed E-state index contributed by atoms with van der Waals surface area (Å²) in [7, 11) is 0. The molecule has 18 heavy (non-hydrogen) atoms. The first-order valence-electron chi connectivity index (χ1n) is 5.02. The number of nitrogens with zero attached hydrogens (tertiary/aromatic N) is 1. The van der Waals surface area contributed by atoms with E-state index in [9.17, 15) is 8.78 Å². The average molecular weight is 265 g/mol. The van der Waals surface area contributed by atoms with E-state index >= 15 is 0 Å². The van der Waals surface area contributed by atoms with Crippen LogP contribution in [0.4, 0.5) is 20.2 Å². The second-order valence-electron chi connectivity index (χ2n) is 3.53. The Labute approximate surface area is 107 Å². The molecule has 2 rings (SSSR count). The molecular weight excluding hydrogens is 258 g/mol. The maximum Gasteiger partial charge on any atom is 0.165 e. The van der Waals surface area contributed by atoms with Gasteiger partial charge >= 0.3 is 0 Å². The molecule has 2 aromatic rings. The first-order chi connectivity index (χ1) is 8.61. The fourth-order valence-corrected chi connectivity index (χ4v) is 1.64. The van der Waals surface area contributed by atoms with Gasteiger partial charge in [-0.2, -0.15) is 5.26 Å². The van der Waals surface area contributed by atoms with E-state index in [1.54, 1.807) is 6.07 Å². The minimum absolute atomic E-state index is 0.0272. The van der Waals surface area contributed by atoms with Gasteiger partial charge in [-0.3, -0.25) is 0 Å². The van der Waals surface area contributed by atoms with Gasteiger partial charge in [0.2, 0.25) is 0 Å². The summed E-state index contributed by atoms with van der Waals surface area (Å²) in [5.41, 5.74) is 0.542. The van der Waals surface area contributed by atoms with Crippen LogP contribution in [0.5, 0.6) is 0 Å². The second kappa shape index (κ2) is 5.03. The molecule has 2 nitrogen and oxygen atoms in total. The van der Waals surface area contributed by atoms with Gasteiger partial charge in [0.25, 0.3) is 0 Å². The molecule has 90 valence electrons. The molecule has 0 unspecified atom stereocenters. The van der Waals surface area contributed by atoms with Crippen molar-refractivity contribution in [3.63, 3.8) is 0 Å². The highest BCUT2D eigenvalue weighted by Crippen LogP contribution is 2.27. The van der Waals surface area contributed by atoms with Crippen molar-refractivity contribution >= 4 is 23.0 Å². The molecule has 5 heteroatoms. The predicted octanol–water partition coefficient (Wildman–Crippen LogP) is 4.23. The van der Waals surface area contributed by atoms with E-state index in [-0.39, 0.29) is 16.3 Å². The Balaban J connectivity index is 2.41. The molecule has 0 heterocycles. The minimum atomic E-state index is -0.618. The van der Waals surface area contributed by atoms with Gasteiger partial charge in [-0.15, -0.1) is 0 Å². The molecule has 0 radical (unpaired) electrons. The van der Waals surface area contributed by atoms with Crippen molar-refractivity contribution in [2.45, 2.75) is 0 Å². The molecule has 0 aliphatic heterocycles. The van der Waals surface area contributed by atoms with Gasteiger partial charge in [0.15, 0.2) is 5.82 Å². The number of nitrogens with one attached hydrogen (secondary N) is 1. The van der Waals surface area contributed by atoms with E-state index in [4.69, 9.17) is 16.9 Å². The molecule has 0 aliphatic carbocycles. The first kappa shape index (κ1) is 12.3. The highest BCUT2D eigenvalue weighted by Gasteiger charge is 2.09. The third-order valence-electron chi connectivity index (χ3n) is 2.32. The average Bonchev–Trinajstić information content (AvgIpc) is 2.37. The minimum Gasteiger partial charge on any atom is -0.352 e. The van der Waals surface area contributed by atoms with E-state index in [0.717, 1.165) is 6.07 Å². The van der Waals surface area contributed by atoms with Gasteiger partial charge in [-0.05, 0) is 30.3 Å². The normalized spacial score (nSPS) is 9.89. The lowest BCUT2D eigenvalue weighted by Crippen LogP contribution is -1.97. The Morgan fingerprint density at radius 1 is 1.11 bits per heavy atom. The Kier molecular flexibility index (Phi) is 3.45. The molecule has 0 atom stereocenters. The van der Waals surface area contributed by atoms with Crippen LogP contribution in [0.1, 0.15) is 5.56 Å². The monoisotopic (exact) mass is 264 g/mol. The van der Waals surface area contributed by atoms with Crippen molar-refractivity contribution in [2.24, 2.45) is 0 Å². The van der Waals surface area contributed by atoms with Crippen LogP contribution in [0.3, 0.4) is 0 Å². The fraction of sp³-hybridized carbons (Fsp3) is 0. The highest BCUT2D eigenvalue weighted by molar-refractivity contribution is 6.31. The highest BCUT2D eigenvalue weighted by atomic mass is 35.5. The van der Waals surface area contributed by atoms with E-state index in [0.29, 0.717) is 5.69 Å². The van der Waals surface area contributed by atoms with Crippen molar-refractivity contribution in [1.82, 2.24) is 0 Å². The van der Waals surface area contributed by atoms with Crippen LogP contribution in [0.25, 0.3) is 0 Å². The van der Waals surface area contributed by atoms with Crippen LogP contribution in [-0.4, -0.2) is 0 Å². The maximum absolute atomic E-state index is 13.7.